The number of fused-ring (bicyclic) bond motifs is 6. The van der Waals surface area contributed by atoms with Crippen LogP contribution in [-0.2, 0) is 28.6 Å². The number of furan rings is 1. The van der Waals surface area contributed by atoms with E-state index in [-0.39, 0.29) is 17.2 Å². The van der Waals surface area contributed by atoms with Crippen molar-refractivity contribution in [1.29, 1.82) is 0 Å². The van der Waals surface area contributed by atoms with Crippen LogP contribution in [0.4, 0.5) is 10.1 Å². The third-order valence-corrected chi connectivity index (χ3v) is 11.1. The number of anilines is 1. The molecule has 0 unspecified atom stereocenters. The van der Waals surface area contributed by atoms with E-state index in [1.807, 2.05) is 18.2 Å². The molecule has 2 N–H and O–H groups in total. The van der Waals surface area contributed by atoms with Gasteiger partial charge in [0.15, 0.2) is 5.76 Å². The van der Waals surface area contributed by atoms with Gasteiger partial charge >= 0.3 is 0 Å². The van der Waals surface area contributed by atoms with Gasteiger partial charge in [0.1, 0.15) is 22.0 Å². The zero-order valence-electron chi connectivity index (χ0n) is 25.9. The Morgan fingerprint density at radius 3 is 2.70 bits per heavy atom. The van der Waals surface area contributed by atoms with E-state index in [9.17, 15) is 22.7 Å². The van der Waals surface area contributed by atoms with Gasteiger partial charge in [0.2, 0.25) is 10.0 Å². The predicted octanol–water partition coefficient (Wildman–Crippen LogP) is 4.28. The van der Waals surface area contributed by atoms with E-state index in [0.717, 1.165) is 27.2 Å². The van der Waals surface area contributed by atoms with Crippen molar-refractivity contribution in [2.75, 3.05) is 24.7 Å². The summed E-state index contributed by atoms with van der Waals surface area (Å²) in [6.45, 7) is 3.95. The maximum atomic E-state index is 14.8. The maximum absolute atomic E-state index is 14.8. The Kier molecular flexibility index (Phi) is 7.00. The average Bonchev–Trinajstić information content (AvgIpc) is 3.75. The minimum absolute atomic E-state index is 0.132. The molecule has 0 bridgehead atoms. The molecule has 10 nitrogen and oxygen atoms in total. The summed E-state index contributed by atoms with van der Waals surface area (Å²) in [7, 11) is -0.752. The number of aliphatic hydroxyl groups is 1. The topological polar surface area (TPSA) is 131 Å². The summed E-state index contributed by atoms with van der Waals surface area (Å²) in [5.74, 6) is -0.282. The highest BCUT2D eigenvalue weighted by Gasteiger charge is 2.30. The lowest BCUT2D eigenvalue weighted by Gasteiger charge is -2.22. The van der Waals surface area contributed by atoms with Gasteiger partial charge < -0.3 is 19.4 Å². The molecular weight excluding hydrogens is 630 g/mol. The third kappa shape index (κ3) is 4.84. The summed E-state index contributed by atoms with van der Waals surface area (Å²) < 4.78 is 50.1. The number of nitrogens with one attached hydrogen (secondary N) is 1. The number of carbonyl (C=O) groups excluding carboxylic acids is 1. The zero-order valence-corrected chi connectivity index (χ0v) is 27.6. The van der Waals surface area contributed by atoms with E-state index < -0.39 is 21.5 Å². The van der Waals surface area contributed by atoms with Crippen molar-refractivity contribution in [2.24, 2.45) is 0 Å². The average molecular weight is 662 g/mol. The maximum Gasteiger partial charge on any atom is 0.255 e. The van der Waals surface area contributed by atoms with E-state index in [4.69, 9.17) is 9.40 Å². The standard InChI is InChI=1S/C33H32FN5O5S2/c1-33(2,41)32-36-16-27(45-32)30-28(31(40)35-3)20-13-19(24(15-26(20)44-30)38(4)46(5,42)43)22-10-9-17-11-12-39-23-8-6-7-21(34)18(23)14-25(39)29(17)37-22/h8-10,13-16,41H,6-7,11-12H2,1-5H3,(H,35,40). The normalized spacial score (nSPS) is 14.5. The number of thiazole rings is 1. The Labute approximate surface area is 268 Å². The number of aryl methyl sites for hydroxylation is 1. The Morgan fingerprint density at radius 1 is 1.22 bits per heavy atom. The highest BCUT2D eigenvalue weighted by molar-refractivity contribution is 7.92. The van der Waals surface area contributed by atoms with Crippen molar-refractivity contribution in [3.05, 3.63) is 63.2 Å². The van der Waals surface area contributed by atoms with Crippen LogP contribution in [0, 0.1) is 0 Å². The third-order valence-electron chi connectivity index (χ3n) is 8.58. The molecule has 1 amide bonds. The monoisotopic (exact) mass is 661 g/mol. The molecule has 0 fully saturated rings. The Morgan fingerprint density at radius 2 is 2.00 bits per heavy atom. The zero-order chi connectivity index (χ0) is 32.7. The van der Waals surface area contributed by atoms with Crippen LogP contribution in [0.1, 0.15) is 47.6 Å². The summed E-state index contributed by atoms with van der Waals surface area (Å²) >= 11 is 1.20. The van der Waals surface area contributed by atoms with Crippen LogP contribution in [-0.4, -0.2) is 54.3 Å². The van der Waals surface area contributed by atoms with Crippen molar-refractivity contribution < 1.29 is 27.1 Å². The first-order valence-corrected chi connectivity index (χ1v) is 17.5. The molecule has 1 aliphatic carbocycles. The number of hydrogen-bond donors (Lipinski definition) is 2. The first kappa shape index (κ1) is 30.3. The number of sulfonamides is 1. The van der Waals surface area contributed by atoms with Gasteiger partial charge in [0.25, 0.3) is 5.91 Å². The second kappa shape index (κ2) is 10.6. The summed E-state index contributed by atoms with van der Waals surface area (Å²) in [5.41, 5.74) is 3.14. The molecule has 4 aromatic heterocycles. The molecule has 0 saturated heterocycles. The van der Waals surface area contributed by atoms with E-state index >= 15 is 0 Å². The molecule has 238 valence electrons. The van der Waals surface area contributed by atoms with E-state index in [0.29, 0.717) is 74.5 Å². The molecule has 0 radical (unpaired) electrons. The van der Waals surface area contributed by atoms with Gasteiger partial charge in [-0.15, -0.1) is 11.3 Å². The number of aromatic nitrogens is 3. The van der Waals surface area contributed by atoms with Crippen molar-refractivity contribution in [3.63, 3.8) is 0 Å². The summed E-state index contributed by atoms with van der Waals surface area (Å²) in [6.07, 6.45) is 6.45. The van der Waals surface area contributed by atoms with Crippen LogP contribution in [0.3, 0.4) is 0 Å². The van der Waals surface area contributed by atoms with Gasteiger partial charge in [0, 0.05) is 60.8 Å². The number of benzene rings is 1. The molecule has 0 atom stereocenters. The first-order valence-electron chi connectivity index (χ1n) is 14.8. The molecule has 0 spiro atoms. The van der Waals surface area contributed by atoms with Crippen molar-refractivity contribution >= 4 is 55.8 Å². The fraction of sp³-hybridized carbons (Fsp3) is 0.303. The number of amides is 1. The number of halogens is 1. The molecule has 0 saturated carbocycles. The molecular formula is C33H32FN5O5S2. The van der Waals surface area contributed by atoms with Gasteiger partial charge in [-0.05, 0) is 50.5 Å². The number of pyridine rings is 1. The summed E-state index contributed by atoms with van der Waals surface area (Å²) in [6, 6.07) is 8.99. The molecule has 1 aliphatic heterocycles. The van der Waals surface area contributed by atoms with Gasteiger partial charge in [0.05, 0.1) is 39.5 Å². The molecule has 13 heteroatoms. The Bertz CT molecular complexity index is 2330. The van der Waals surface area contributed by atoms with Crippen LogP contribution in [0.25, 0.3) is 56.2 Å². The van der Waals surface area contributed by atoms with Gasteiger partial charge in [-0.1, -0.05) is 12.1 Å². The predicted molar refractivity (Wildman–Crippen MR) is 177 cm³/mol. The Hall–Kier alpha value is -4.33. The molecule has 1 aromatic carbocycles. The number of nitrogens with zero attached hydrogens (tertiary/aromatic N) is 4. The lowest BCUT2D eigenvalue weighted by molar-refractivity contribution is 0.0782. The minimum Gasteiger partial charge on any atom is -0.454 e. The van der Waals surface area contributed by atoms with E-state index in [2.05, 4.69) is 20.9 Å². The second-order valence-corrected chi connectivity index (χ2v) is 15.2. The van der Waals surface area contributed by atoms with Crippen molar-refractivity contribution in [3.8, 4) is 33.3 Å². The molecule has 46 heavy (non-hydrogen) atoms. The van der Waals surface area contributed by atoms with Crippen LogP contribution in [0.15, 0.2) is 40.9 Å². The molecule has 2 aliphatic rings. The molecule has 5 heterocycles. The van der Waals surface area contributed by atoms with Crippen molar-refractivity contribution in [1.82, 2.24) is 19.9 Å². The van der Waals surface area contributed by atoms with Crippen LogP contribution >= 0.6 is 11.3 Å². The first-order chi connectivity index (χ1) is 21.8. The molecule has 7 rings (SSSR count). The minimum atomic E-state index is -3.72. The quantitative estimate of drug-likeness (QED) is 0.278. The largest absolute Gasteiger partial charge is 0.454 e. The summed E-state index contributed by atoms with van der Waals surface area (Å²) in [4.78, 5) is 23.3. The highest BCUT2D eigenvalue weighted by Crippen LogP contribution is 2.43. The van der Waals surface area contributed by atoms with Gasteiger partial charge in [-0.3, -0.25) is 9.10 Å². The van der Waals surface area contributed by atoms with E-state index in [1.54, 1.807) is 32.2 Å². The fourth-order valence-corrected chi connectivity index (χ4v) is 7.58. The lowest BCUT2D eigenvalue weighted by atomic mass is 9.99. The highest BCUT2D eigenvalue weighted by atomic mass is 32.2. The van der Waals surface area contributed by atoms with E-state index in [1.165, 1.54) is 25.4 Å². The smallest absolute Gasteiger partial charge is 0.255 e. The number of rotatable bonds is 6. The van der Waals surface area contributed by atoms with Crippen LogP contribution < -0.4 is 20.2 Å². The Balaban J connectivity index is 1.48. The van der Waals surface area contributed by atoms with Crippen LogP contribution in [0.2, 0.25) is 0 Å². The number of hydrogen-bond acceptors (Lipinski definition) is 8. The van der Waals surface area contributed by atoms with Crippen LogP contribution in [0.5, 0.6) is 0 Å². The second-order valence-electron chi connectivity index (χ2n) is 12.2. The van der Waals surface area contributed by atoms with Gasteiger partial charge in [-0.25, -0.2) is 22.8 Å². The summed E-state index contributed by atoms with van der Waals surface area (Å²) in [5, 5.41) is 15.6. The van der Waals surface area contributed by atoms with Crippen molar-refractivity contribution in [2.45, 2.75) is 45.3 Å². The fourth-order valence-electron chi connectivity index (χ4n) is 6.16. The molecule has 5 aromatic rings. The SMILES string of the molecule is CNC(=O)c1c(-c2cnc(C(C)(C)O)s2)oc2cc(N(C)S(C)(=O)=O)c(-c3ccc4c(n3)-c3cc5c(n3CC4)=CCCC=5F)cc12. The lowest BCUT2D eigenvalue weighted by Crippen LogP contribution is -2.33. The number of carbonyl (C=O) groups is 1. The van der Waals surface area contributed by atoms with Gasteiger partial charge in [-0.2, -0.15) is 0 Å².